The Morgan fingerprint density at radius 3 is 1.02 bits per heavy atom. The zero-order valence-electron chi connectivity index (χ0n) is 30.6. The number of amides is 4. The molecule has 46 heavy (non-hydrogen) atoms. The second-order valence-corrected chi connectivity index (χ2v) is 13.3. The van der Waals surface area contributed by atoms with Crippen molar-refractivity contribution in [3.05, 3.63) is 0 Å². The fourth-order valence-electron chi connectivity index (χ4n) is 6.90. The van der Waals surface area contributed by atoms with E-state index in [0.717, 1.165) is 96.3 Å². The van der Waals surface area contributed by atoms with Gasteiger partial charge in [0, 0.05) is 26.4 Å². The zero-order chi connectivity index (χ0) is 33.7. The molecule has 2 aliphatic rings. The van der Waals surface area contributed by atoms with E-state index in [0.29, 0.717) is 32.8 Å². The van der Waals surface area contributed by atoms with E-state index in [2.05, 4.69) is 34.6 Å². The molecular weight excluding hydrogens is 584 g/mol. The molecule has 0 saturated carbocycles. The SMILES string of the molecule is CCCCCCOCN1C(=O)N(COCCCCCC)C2(CCC)N(COCCCCCC)C(=O)N(COCCCCCC)C12C. The standard InChI is InChI=1S/C36H70N4O6/c1-7-12-16-20-25-43-29-37-33(41)39(31-45-27-22-18-14-9-3)36(24-11-5)35(37,6)38(30-44-26-21-17-13-8-2)34(42)40(36)32-46-28-23-19-15-10-4/h7-32H2,1-6H3. The average molecular weight is 655 g/mol. The highest BCUT2D eigenvalue weighted by molar-refractivity contribution is 5.88. The van der Waals surface area contributed by atoms with E-state index in [1.165, 1.54) is 12.8 Å². The Kier molecular flexibility index (Phi) is 20.2. The number of hydrogen-bond donors (Lipinski definition) is 0. The molecule has 0 aromatic carbocycles. The Labute approximate surface area is 281 Å². The maximum Gasteiger partial charge on any atom is 0.327 e. The molecule has 10 heteroatoms. The second-order valence-electron chi connectivity index (χ2n) is 13.3. The van der Waals surface area contributed by atoms with Gasteiger partial charge >= 0.3 is 12.1 Å². The molecule has 0 bridgehead atoms. The minimum absolute atomic E-state index is 0.103. The van der Waals surface area contributed by atoms with Gasteiger partial charge in [0.1, 0.15) is 26.9 Å². The van der Waals surface area contributed by atoms with Crippen molar-refractivity contribution in [2.24, 2.45) is 0 Å². The molecule has 0 atom stereocenters. The molecular formula is C36H70N4O6. The number of hydrogen-bond acceptors (Lipinski definition) is 6. The van der Waals surface area contributed by atoms with Crippen molar-refractivity contribution in [1.82, 2.24) is 19.6 Å². The van der Waals surface area contributed by atoms with Crippen LogP contribution < -0.4 is 0 Å². The van der Waals surface area contributed by atoms with Crippen molar-refractivity contribution in [2.45, 2.75) is 168 Å². The molecule has 0 unspecified atom stereocenters. The summed E-state index contributed by atoms with van der Waals surface area (Å²) in [7, 11) is 0. The molecule has 4 amide bonds. The largest absolute Gasteiger partial charge is 0.361 e. The third kappa shape index (κ3) is 10.4. The molecule has 270 valence electrons. The van der Waals surface area contributed by atoms with Crippen LogP contribution in [-0.4, -0.2) is 96.3 Å². The molecule has 0 aromatic rings. The normalized spacial score (nSPS) is 21.3. The fraction of sp³-hybridized carbons (Fsp3) is 0.944. The van der Waals surface area contributed by atoms with Crippen LogP contribution in [0.1, 0.15) is 157 Å². The molecule has 0 aliphatic carbocycles. The smallest absolute Gasteiger partial charge is 0.327 e. The number of ether oxygens (including phenoxy) is 4. The van der Waals surface area contributed by atoms with Gasteiger partial charge in [0.2, 0.25) is 0 Å². The maximum absolute atomic E-state index is 14.5. The molecule has 0 N–H and O–H groups in total. The quantitative estimate of drug-likeness (QED) is 0.0720. The Morgan fingerprint density at radius 2 is 0.739 bits per heavy atom. The molecule has 2 aliphatic heterocycles. The van der Waals surface area contributed by atoms with Gasteiger partial charge in [-0.25, -0.2) is 9.59 Å². The summed E-state index contributed by atoms with van der Waals surface area (Å²) in [5, 5.41) is 0. The number of unbranched alkanes of at least 4 members (excludes halogenated alkanes) is 12. The Bertz CT molecular complexity index is 774. The van der Waals surface area contributed by atoms with Crippen LogP contribution in [-0.2, 0) is 18.9 Å². The van der Waals surface area contributed by atoms with Gasteiger partial charge in [0.05, 0.1) is 0 Å². The lowest BCUT2D eigenvalue weighted by molar-refractivity contribution is -0.138. The molecule has 10 nitrogen and oxygen atoms in total. The summed E-state index contributed by atoms with van der Waals surface area (Å²) in [6.07, 6.45) is 18.8. The zero-order valence-corrected chi connectivity index (χ0v) is 30.6. The fourth-order valence-corrected chi connectivity index (χ4v) is 6.90. The molecule has 2 rings (SSSR count). The van der Waals surface area contributed by atoms with Crippen molar-refractivity contribution in [2.75, 3.05) is 53.4 Å². The van der Waals surface area contributed by atoms with Gasteiger partial charge in [0.15, 0.2) is 11.3 Å². The lowest BCUT2D eigenvalue weighted by Gasteiger charge is -2.47. The molecule has 0 aromatic heterocycles. The lowest BCUT2D eigenvalue weighted by atomic mass is 9.89. The summed E-state index contributed by atoms with van der Waals surface area (Å²) in [6, 6.07) is -0.349. The minimum atomic E-state index is -1.04. The summed E-state index contributed by atoms with van der Waals surface area (Å²) in [5.41, 5.74) is -2.04. The van der Waals surface area contributed by atoms with E-state index in [1.807, 2.05) is 6.92 Å². The third-order valence-corrected chi connectivity index (χ3v) is 9.68. The van der Waals surface area contributed by atoms with Gasteiger partial charge in [-0.2, -0.15) is 0 Å². The number of urea groups is 2. The number of fused-ring (bicyclic) bond motifs is 1. The van der Waals surface area contributed by atoms with Crippen LogP contribution in [0.2, 0.25) is 0 Å². The highest BCUT2D eigenvalue weighted by atomic mass is 16.5. The van der Waals surface area contributed by atoms with Crippen molar-refractivity contribution in [1.29, 1.82) is 0 Å². The lowest BCUT2D eigenvalue weighted by Crippen LogP contribution is -2.67. The van der Waals surface area contributed by atoms with Crippen LogP contribution >= 0.6 is 0 Å². The van der Waals surface area contributed by atoms with E-state index >= 15 is 0 Å². The predicted molar refractivity (Wildman–Crippen MR) is 184 cm³/mol. The van der Waals surface area contributed by atoms with Crippen LogP contribution in [0, 0.1) is 0 Å². The summed E-state index contributed by atoms with van der Waals surface area (Å²) >= 11 is 0. The Balaban J connectivity index is 2.41. The van der Waals surface area contributed by atoms with Crippen LogP contribution in [0.25, 0.3) is 0 Å². The van der Waals surface area contributed by atoms with Crippen molar-refractivity contribution < 1.29 is 28.5 Å². The van der Waals surface area contributed by atoms with Gasteiger partial charge in [-0.3, -0.25) is 19.6 Å². The average Bonchev–Trinajstić information content (AvgIpc) is 3.33. The van der Waals surface area contributed by atoms with Gasteiger partial charge in [-0.15, -0.1) is 0 Å². The van der Waals surface area contributed by atoms with E-state index in [4.69, 9.17) is 18.9 Å². The second kappa shape index (κ2) is 22.9. The van der Waals surface area contributed by atoms with Crippen LogP contribution in [0.4, 0.5) is 9.59 Å². The molecule has 0 spiro atoms. The molecule has 2 fully saturated rings. The van der Waals surface area contributed by atoms with Crippen LogP contribution in [0.5, 0.6) is 0 Å². The van der Waals surface area contributed by atoms with Crippen LogP contribution in [0.15, 0.2) is 0 Å². The van der Waals surface area contributed by atoms with E-state index in [-0.39, 0.29) is 39.0 Å². The van der Waals surface area contributed by atoms with E-state index < -0.39 is 11.3 Å². The summed E-state index contributed by atoms with van der Waals surface area (Å²) in [6.45, 7) is 15.6. The highest BCUT2D eigenvalue weighted by Gasteiger charge is 2.76. The van der Waals surface area contributed by atoms with Gasteiger partial charge in [-0.05, 0) is 39.0 Å². The first-order valence-electron chi connectivity index (χ1n) is 18.9. The third-order valence-electron chi connectivity index (χ3n) is 9.68. The summed E-state index contributed by atoms with van der Waals surface area (Å²) in [4.78, 5) is 36.0. The molecule has 2 heterocycles. The highest BCUT2D eigenvalue weighted by Crippen LogP contribution is 2.53. The predicted octanol–water partition coefficient (Wildman–Crippen LogP) is 8.89. The molecule has 2 saturated heterocycles. The van der Waals surface area contributed by atoms with Gasteiger partial charge in [0.25, 0.3) is 0 Å². The summed E-state index contributed by atoms with van der Waals surface area (Å²) < 4.78 is 24.8. The van der Waals surface area contributed by atoms with Crippen molar-refractivity contribution in [3.8, 4) is 0 Å². The van der Waals surface area contributed by atoms with Gasteiger partial charge < -0.3 is 18.9 Å². The Morgan fingerprint density at radius 1 is 0.435 bits per heavy atom. The van der Waals surface area contributed by atoms with Crippen molar-refractivity contribution in [3.63, 3.8) is 0 Å². The maximum atomic E-state index is 14.5. The minimum Gasteiger partial charge on any atom is -0.361 e. The number of carbonyl (C=O) groups excluding carboxylic acids is 2. The molecule has 0 radical (unpaired) electrons. The topological polar surface area (TPSA) is 84.0 Å². The first-order valence-corrected chi connectivity index (χ1v) is 18.9. The number of rotatable bonds is 30. The van der Waals surface area contributed by atoms with E-state index in [1.54, 1.807) is 19.6 Å². The summed E-state index contributed by atoms with van der Waals surface area (Å²) in [5.74, 6) is 0. The first-order chi connectivity index (χ1) is 22.4. The Hall–Kier alpha value is -1.62. The number of nitrogens with zero attached hydrogens (tertiary/aromatic N) is 4. The number of carbonyl (C=O) groups is 2. The van der Waals surface area contributed by atoms with Crippen LogP contribution in [0.3, 0.4) is 0 Å². The van der Waals surface area contributed by atoms with Crippen molar-refractivity contribution >= 4 is 12.1 Å². The van der Waals surface area contributed by atoms with E-state index in [9.17, 15) is 9.59 Å². The first kappa shape index (κ1) is 40.6. The van der Waals surface area contributed by atoms with Gasteiger partial charge in [-0.1, -0.05) is 118 Å². The monoisotopic (exact) mass is 655 g/mol.